The van der Waals surface area contributed by atoms with Crippen LogP contribution in [-0.2, 0) is 4.79 Å². The number of hydrogen-bond donors (Lipinski definition) is 1. The summed E-state index contributed by atoms with van der Waals surface area (Å²) in [4.78, 5) is 20.9. The Morgan fingerprint density at radius 1 is 1.21 bits per heavy atom. The molecule has 29 heavy (non-hydrogen) atoms. The van der Waals surface area contributed by atoms with Crippen molar-refractivity contribution < 1.29 is 9.90 Å². The van der Waals surface area contributed by atoms with Gasteiger partial charge in [0, 0.05) is 25.6 Å². The molecule has 2 saturated carbocycles. The van der Waals surface area contributed by atoms with Crippen LogP contribution in [0.25, 0.3) is 5.57 Å². The van der Waals surface area contributed by atoms with Gasteiger partial charge in [0.15, 0.2) is 0 Å². The van der Waals surface area contributed by atoms with Gasteiger partial charge in [-0.05, 0) is 78.2 Å². The first kappa shape index (κ1) is 19.2. The summed E-state index contributed by atoms with van der Waals surface area (Å²) in [6.07, 6.45) is 15.0. The Kier molecular flexibility index (Phi) is 4.54. The van der Waals surface area contributed by atoms with Crippen molar-refractivity contribution in [1.82, 2.24) is 9.97 Å². The number of rotatable bonds is 3. The standard InChI is InChI=1S/C25H32N2O2/c1-24-9-5-18(29)14-17(24)13-16(8-12-28)23-20-4-3-19(22-7-11-26-15-27-22)25(20,2)10-6-21(23)24/h3,7,11,13,15-16,20-21,23,28H,4-6,8-10,12,14H2,1-2H3/t16?,20-,21-,23-,24-,25+/m0/s1. The first-order valence-corrected chi connectivity index (χ1v) is 11.3. The van der Waals surface area contributed by atoms with Gasteiger partial charge in [-0.15, -0.1) is 0 Å². The third kappa shape index (κ3) is 2.78. The Morgan fingerprint density at radius 3 is 2.83 bits per heavy atom. The molecule has 1 aromatic rings. The van der Waals surface area contributed by atoms with Gasteiger partial charge in [0.2, 0.25) is 0 Å². The number of Topliss-reactive ketones (excluding diaryl/α,β-unsaturated/α-hetero) is 1. The average molecular weight is 393 g/mol. The van der Waals surface area contributed by atoms with Crippen molar-refractivity contribution in [3.05, 3.63) is 42.0 Å². The zero-order chi connectivity index (χ0) is 20.2. The molecule has 0 spiro atoms. The predicted molar refractivity (Wildman–Crippen MR) is 113 cm³/mol. The number of aliphatic hydroxyl groups is 1. The van der Waals surface area contributed by atoms with Gasteiger partial charge in [-0.1, -0.05) is 31.6 Å². The molecule has 2 fully saturated rings. The van der Waals surface area contributed by atoms with E-state index in [1.165, 1.54) is 24.0 Å². The molecule has 6 atom stereocenters. The third-order valence-electron chi connectivity index (χ3n) is 9.01. The van der Waals surface area contributed by atoms with E-state index in [9.17, 15) is 9.90 Å². The summed E-state index contributed by atoms with van der Waals surface area (Å²) in [5.74, 6) is 2.53. The second-order valence-electron chi connectivity index (χ2n) is 10.2. The van der Waals surface area contributed by atoms with Gasteiger partial charge in [-0.2, -0.15) is 0 Å². The highest BCUT2D eigenvalue weighted by molar-refractivity contribution is 5.82. The summed E-state index contributed by atoms with van der Waals surface area (Å²) in [7, 11) is 0. The lowest BCUT2D eigenvalue weighted by Gasteiger charge is -2.59. The molecule has 1 unspecified atom stereocenters. The zero-order valence-corrected chi connectivity index (χ0v) is 17.6. The number of ketones is 1. The van der Waals surface area contributed by atoms with E-state index in [4.69, 9.17) is 0 Å². The van der Waals surface area contributed by atoms with Crippen molar-refractivity contribution >= 4 is 11.4 Å². The molecule has 0 aromatic carbocycles. The number of carbonyl (C=O) groups is 1. The Morgan fingerprint density at radius 2 is 2.07 bits per heavy atom. The molecule has 4 aliphatic carbocycles. The lowest BCUT2D eigenvalue weighted by atomic mass is 9.45. The van der Waals surface area contributed by atoms with Gasteiger partial charge in [0.25, 0.3) is 0 Å². The molecule has 1 aromatic heterocycles. The monoisotopic (exact) mass is 392 g/mol. The van der Waals surface area contributed by atoms with Crippen LogP contribution in [0.4, 0.5) is 0 Å². The molecular formula is C25H32N2O2. The molecule has 4 heteroatoms. The number of aliphatic hydroxyl groups excluding tert-OH is 1. The summed E-state index contributed by atoms with van der Waals surface area (Å²) in [6, 6.07) is 2.05. The minimum Gasteiger partial charge on any atom is -0.396 e. The van der Waals surface area contributed by atoms with Gasteiger partial charge in [0.05, 0.1) is 5.69 Å². The molecule has 0 saturated heterocycles. The summed E-state index contributed by atoms with van der Waals surface area (Å²) in [5.41, 5.74) is 4.13. The van der Waals surface area contributed by atoms with Crippen LogP contribution < -0.4 is 0 Å². The summed E-state index contributed by atoms with van der Waals surface area (Å²) >= 11 is 0. The Hall–Kier alpha value is -1.81. The van der Waals surface area contributed by atoms with Crippen molar-refractivity contribution in [3.8, 4) is 0 Å². The smallest absolute Gasteiger partial charge is 0.136 e. The minimum absolute atomic E-state index is 0.134. The first-order valence-electron chi connectivity index (χ1n) is 11.3. The van der Waals surface area contributed by atoms with Crippen LogP contribution in [0.5, 0.6) is 0 Å². The maximum Gasteiger partial charge on any atom is 0.136 e. The van der Waals surface area contributed by atoms with E-state index in [2.05, 4.69) is 36.0 Å². The zero-order valence-electron chi connectivity index (χ0n) is 17.6. The largest absolute Gasteiger partial charge is 0.396 e. The second kappa shape index (κ2) is 6.87. The van der Waals surface area contributed by atoms with Crippen molar-refractivity contribution in [2.75, 3.05) is 6.61 Å². The molecule has 0 aliphatic heterocycles. The number of allylic oxidation sites excluding steroid dienone is 4. The van der Waals surface area contributed by atoms with Crippen LogP contribution in [-0.4, -0.2) is 27.5 Å². The number of nitrogens with zero attached hydrogens (tertiary/aromatic N) is 2. The fourth-order valence-corrected chi connectivity index (χ4v) is 7.48. The van der Waals surface area contributed by atoms with Crippen molar-refractivity contribution in [1.29, 1.82) is 0 Å². The number of fused-ring (bicyclic) bond motifs is 5. The quantitative estimate of drug-likeness (QED) is 0.763. The molecule has 0 bridgehead atoms. The number of aromatic nitrogens is 2. The SMILES string of the molecule is C[C@]12CCC(=O)CC1=CC(CCO)[C@@H]1[C@@H]2CC[C@]2(C)C(c3ccncn3)=CC[C@@H]12. The van der Waals surface area contributed by atoms with Crippen molar-refractivity contribution in [3.63, 3.8) is 0 Å². The molecule has 0 radical (unpaired) electrons. The van der Waals surface area contributed by atoms with E-state index >= 15 is 0 Å². The van der Waals surface area contributed by atoms with Crippen LogP contribution in [0.15, 0.2) is 36.3 Å². The van der Waals surface area contributed by atoms with Crippen molar-refractivity contribution in [2.24, 2.45) is 34.5 Å². The molecule has 1 heterocycles. The molecule has 4 aliphatic rings. The van der Waals surface area contributed by atoms with E-state index < -0.39 is 0 Å². The predicted octanol–water partition coefficient (Wildman–Crippen LogP) is 4.61. The van der Waals surface area contributed by atoms with E-state index in [1.807, 2.05) is 12.3 Å². The molecule has 4 nitrogen and oxygen atoms in total. The van der Waals surface area contributed by atoms with E-state index in [1.54, 1.807) is 6.33 Å². The van der Waals surface area contributed by atoms with E-state index in [-0.39, 0.29) is 17.4 Å². The summed E-state index contributed by atoms with van der Waals surface area (Å²) in [6.45, 7) is 5.09. The molecule has 0 amide bonds. The Bertz CT molecular complexity index is 876. The van der Waals surface area contributed by atoms with Crippen LogP contribution >= 0.6 is 0 Å². The minimum atomic E-state index is 0.134. The molecule has 5 rings (SSSR count). The molecule has 1 N–H and O–H groups in total. The van der Waals surface area contributed by atoms with Gasteiger partial charge in [0.1, 0.15) is 12.1 Å². The van der Waals surface area contributed by atoms with Gasteiger partial charge in [-0.25, -0.2) is 9.97 Å². The van der Waals surface area contributed by atoms with Gasteiger partial charge in [-0.3, -0.25) is 4.79 Å². The third-order valence-corrected chi connectivity index (χ3v) is 9.01. The van der Waals surface area contributed by atoms with Crippen LogP contribution in [0.2, 0.25) is 0 Å². The lowest BCUT2D eigenvalue weighted by molar-refractivity contribution is -0.122. The number of hydrogen-bond acceptors (Lipinski definition) is 4. The van der Waals surface area contributed by atoms with Gasteiger partial charge >= 0.3 is 0 Å². The highest BCUT2D eigenvalue weighted by Crippen LogP contribution is 2.67. The summed E-state index contributed by atoms with van der Waals surface area (Å²) in [5, 5.41) is 9.83. The molecule has 154 valence electrons. The number of carbonyl (C=O) groups excluding carboxylic acids is 1. The lowest BCUT2D eigenvalue weighted by Crippen LogP contribution is -2.52. The Balaban J connectivity index is 1.54. The second-order valence-corrected chi connectivity index (χ2v) is 10.2. The fourth-order valence-electron chi connectivity index (χ4n) is 7.48. The summed E-state index contributed by atoms with van der Waals surface area (Å²) < 4.78 is 0. The fraction of sp³-hybridized carbons (Fsp3) is 0.640. The van der Waals surface area contributed by atoms with E-state index in [0.717, 1.165) is 31.4 Å². The highest BCUT2D eigenvalue weighted by atomic mass is 16.3. The van der Waals surface area contributed by atoms with Crippen LogP contribution in [0, 0.1) is 34.5 Å². The van der Waals surface area contributed by atoms with Crippen LogP contribution in [0.1, 0.15) is 64.5 Å². The van der Waals surface area contributed by atoms with E-state index in [0.29, 0.717) is 35.9 Å². The topological polar surface area (TPSA) is 63.1 Å². The molecular weight excluding hydrogens is 360 g/mol. The van der Waals surface area contributed by atoms with Gasteiger partial charge < -0.3 is 5.11 Å². The maximum atomic E-state index is 12.2. The van der Waals surface area contributed by atoms with Crippen molar-refractivity contribution in [2.45, 2.75) is 58.8 Å². The maximum absolute atomic E-state index is 12.2. The average Bonchev–Trinajstić information content (AvgIpc) is 3.07. The van der Waals surface area contributed by atoms with Crippen LogP contribution in [0.3, 0.4) is 0 Å². The highest BCUT2D eigenvalue weighted by Gasteiger charge is 2.59. The Labute approximate surface area is 173 Å². The first-order chi connectivity index (χ1) is 14.0. The normalized spacial score (nSPS) is 41.1.